The fourth-order valence-electron chi connectivity index (χ4n) is 3.17. The van der Waals surface area contributed by atoms with E-state index in [0.29, 0.717) is 16.8 Å². The van der Waals surface area contributed by atoms with Gasteiger partial charge in [-0.1, -0.05) is 37.3 Å². The molecule has 0 aromatic heterocycles. The van der Waals surface area contributed by atoms with Crippen molar-refractivity contribution in [2.24, 2.45) is 5.92 Å². The number of hydrogen-bond donors (Lipinski definition) is 1. The maximum absolute atomic E-state index is 14.3. The lowest BCUT2D eigenvalue weighted by Gasteiger charge is -2.22. The lowest BCUT2D eigenvalue weighted by Crippen LogP contribution is -2.37. The van der Waals surface area contributed by atoms with Crippen LogP contribution in [0.25, 0.3) is 0 Å². The number of carbonyl (C=O) groups excluding carboxylic acids is 3. The molecule has 0 radical (unpaired) electrons. The second-order valence-electron chi connectivity index (χ2n) is 6.93. The molecule has 0 saturated carbocycles. The Hall–Kier alpha value is -3.09. The van der Waals surface area contributed by atoms with Crippen molar-refractivity contribution in [3.05, 3.63) is 65.7 Å². The van der Waals surface area contributed by atoms with E-state index >= 15 is 0 Å². The van der Waals surface area contributed by atoms with Crippen LogP contribution < -0.4 is 5.32 Å². The molecule has 1 heterocycles. The summed E-state index contributed by atoms with van der Waals surface area (Å²) in [6.45, 7) is 1.60. The molecule has 1 aliphatic heterocycles. The molecule has 0 spiro atoms. The predicted octanol–water partition coefficient (Wildman–Crippen LogP) is 3.97. The fraction of sp³-hybridized carbons (Fsp3) is 0.286. The molecule has 7 heteroatoms. The van der Waals surface area contributed by atoms with Gasteiger partial charge in [0.25, 0.3) is 17.7 Å². The van der Waals surface area contributed by atoms with Crippen LogP contribution in [0.15, 0.2) is 54.6 Å². The molecule has 1 atom stereocenters. The van der Waals surface area contributed by atoms with Gasteiger partial charge in [-0.05, 0) is 36.6 Å². The van der Waals surface area contributed by atoms with Gasteiger partial charge in [-0.15, -0.1) is 0 Å². The summed E-state index contributed by atoms with van der Waals surface area (Å²) in [6.07, 6.45) is -0.492. The number of para-hydroxylation sites is 1. The van der Waals surface area contributed by atoms with Gasteiger partial charge in [-0.2, -0.15) is 8.78 Å². The number of halogens is 2. The number of nitrogens with zero attached hydrogens (tertiary/aromatic N) is 1. The Labute approximate surface area is 161 Å². The highest BCUT2D eigenvalue weighted by Gasteiger charge is 2.41. The maximum atomic E-state index is 14.3. The molecule has 146 valence electrons. The normalized spacial score (nSPS) is 14.8. The smallest absolute Gasteiger partial charge is 0.321 e. The lowest BCUT2D eigenvalue weighted by atomic mass is 9.98. The van der Waals surface area contributed by atoms with Crippen LogP contribution in [0.2, 0.25) is 0 Å². The van der Waals surface area contributed by atoms with Crippen molar-refractivity contribution in [2.45, 2.75) is 25.7 Å². The molecule has 0 saturated heterocycles. The Kier molecular flexibility index (Phi) is 5.53. The van der Waals surface area contributed by atoms with Crippen molar-refractivity contribution >= 4 is 23.4 Å². The average molecular weight is 386 g/mol. The van der Waals surface area contributed by atoms with Crippen molar-refractivity contribution in [2.75, 3.05) is 11.9 Å². The number of alkyl halides is 2. The Balaban J connectivity index is 1.55. The van der Waals surface area contributed by atoms with Crippen LogP contribution in [0.5, 0.6) is 0 Å². The topological polar surface area (TPSA) is 66.5 Å². The van der Waals surface area contributed by atoms with Gasteiger partial charge >= 0.3 is 5.92 Å². The van der Waals surface area contributed by atoms with Crippen molar-refractivity contribution in [3.63, 3.8) is 0 Å². The van der Waals surface area contributed by atoms with E-state index in [0.717, 1.165) is 4.90 Å². The molecule has 2 aromatic carbocycles. The standard InChI is InChI=1S/C21H20F2N2O3/c1-14(13-21(22,23)20(28)24-15-7-3-2-4-8-15)11-12-25-18(26)16-9-5-6-10-17(16)19(25)27/h2-10,14H,11-13H2,1H3,(H,24,28). The second kappa shape index (κ2) is 7.88. The Morgan fingerprint density at radius 2 is 1.54 bits per heavy atom. The van der Waals surface area contributed by atoms with Gasteiger partial charge in [0, 0.05) is 18.7 Å². The molecule has 1 N–H and O–H groups in total. The summed E-state index contributed by atoms with van der Waals surface area (Å²) in [5.41, 5.74) is 0.950. The molecule has 0 aliphatic carbocycles. The Morgan fingerprint density at radius 3 is 2.11 bits per heavy atom. The minimum absolute atomic E-state index is 0.0316. The number of benzene rings is 2. The van der Waals surface area contributed by atoms with Crippen LogP contribution in [0.3, 0.4) is 0 Å². The summed E-state index contributed by atoms with van der Waals surface area (Å²) in [5, 5.41) is 2.20. The van der Waals surface area contributed by atoms with E-state index < -0.39 is 36.0 Å². The zero-order valence-corrected chi connectivity index (χ0v) is 15.3. The summed E-state index contributed by atoms with van der Waals surface area (Å²) >= 11 is 0. The molecule has 3 amide bonds. The van der Waals surface area contributed by atoms with Crippen LogP contribution in [-0.4, -0.2) is 35.1 Å². The number of nitrogens with one attached hydrogen (secondary N) is 1. The Morgan fingerprint density at radius 1 is 1.00 bits per heavy atom. The van der Waals surface area contributed by atoms with Gasteiger partial charge in [0.15, 0.2) is 0 Å². The highest BCUT2D eigenvalue weighted by Crippen LogP contribution is 2.28. The van der Waals surface area contributed by atoms with E-state index in [-0.39, 0.29) is 13.0 Å². The molecule has 28 heavy (non-hydrogen) atoms. The van der Waals surface area contributed by atoms with Gasteiger partial charge < -0.3 is 5.32 Å². The first-order valence-corrected chi connectivity index (χ1v) is 8.99. The first-order chi connectivity index (χ1) is 13.3. The van der Waals surface area contributed by atoms with E-state index in [4.69, 9.17) is 0 Å². The molecule has 2 aromatic rings. The third-order valence-electron chi connectivity index (χ3n) is 4.69. The number of rotatable bonds is 7. The average Bonchev–Trinajstić information content (AvgIpc) is 2.91. The van der Waals surface area contributed by atoms with Gasteiger partial charge in [0.05, 0.1) is 11.1 Å². The summed E-state index contributed by atoms with van der Waals surface area (Å²) in [4.78, 5) is 37.6. The predicted molar refractivity (Wildman–Crippen MR) is 100 cm³/mol. The van der Waals surface area contributed by atoms with Gasteiger partial charge in [-0.3, -0.25) is 19.3 Å². The summed E-state index contributed by atoms with van der Waals surface area (Å²) < 4.78 is 28.5. The van der Waals surface area contributed by atoms with E-state index in [1.54, 1.807) is 49.4 Å². The number of amides is 3. The van der Waals surface area contributed by atoms with Gasteiger partial charge in [-0.25, -0.2) is 0 Å². The van der Waals surface area contributed by atoms with E-state index in [1.165, 1.54) is 12.1 Å². The summed E-state index contributed by atoms with van der Waals surface area (Å²) in [6, 6.07) is 14.5. The summed E-state index contributed by atoms with van der Waals surface area (Å²) in [5.74, 6) is -6.33. The number of carbonyl (C=O) groups is 3. The van der Waals surface area contributed by atoms with Crippen LogP contribution in [0, 0.1) is 5.92 Å². The number of fused-ring (bicyclic) bond motifs is 1. The van der Waals surface area contributed by atoms with E-state index in [1.807, 2.05) is 0 Å². The first-order valence-electron chi connectivity index (χ1n) is 8.99. The number of imide groups is 1. The first kappa shape index (κ1) is 19.7. The highest BCUT2D eigenvalue weighted by atomic mass is 19.3. The largest absolute Gasteiger partial charge is 0.325 e. The SMILES string of the molecule is CC(CCN1C(=O)c2ccccc2C1=O)CC(F)(F)C(=O)Nc1ccccc1. The molecule has 0 fully saturated rings. The molecule has 1 aliphatic rings. The number of anilines is 1. The molecule has 3 rings (SSSR count). The molecular weight excluding hydrogens is 366 g/mol. The highest BCUT2D eigenvalue weighted by molar-refractivity contribution is 6.21. The zero-order valence-electron chi connectivity index (χ0n) is 15.3. The minimum Gasteiger partial charge on any atom is -0.321 e. The van der Waals surface area contributed by atoms with Crippen LogP contribution >= 0.6 is 0 Å². The van der Waals surface area contributed by atoms with Crippen LogP contribution in [-0.2, 0) is 4.79 Å². The Bertz CT molecular complexity index is 865. The van der Waals surface area contributed by atoms with Crippen molar-refractivity contribution in [1.82, 2.24) is 4.90 Å². The monoisotopic (exact) mass is 386 g/mol. The maximum Gasteiger partial charge on any atom is 0.325 e. The third kappa shape index (κ3) is 4.08. The second-order valence-corrected chi connectivity index (χ2v) is 6.93. The fourth-order valence-corrected chi connectivity index (χ4v) is 3.17. The molecule has 0 bridgehead atoms. The van der Waals surface area contributed by atoms with E-state index in [9.17, 15) is 23.2 Å². The van der Waals surface area contributed by atoms with Gasteiger partial charge in [0.2, 0.25) is 0 Å². The van der Waals surface area contributed by atoms with Crippen molar-refractivity contribution in [3.8, 4) is 0 Å². The molecule has 1 unspecified atom stereocenters. The molecular formula is C21H20F2N2O3. The van der Waals surface area contributed by atoms with E-state index in [2.05, 4.69) is 5.32 Å². The van der Waals surface area contributed by atoms with Crippen molar-refractivity contribution in [1.29, 1.82) is 0 Å². The quantitative estimate of drug-likeness (QED) is 0.732. The minimum atomic E-state index is -3.56. The summed E-state index contributed by atoms with van der Waals surface area (Å²) in [7, 11) is 0. The van der Waals surface area contributed by atoms with Crippen molar-refractivity contribution < 1.29 is 23.2 Å². The molecule has 5 nitrogen and oxygen atoms in total. The lowest BCUT2D eigenvalue weighted by molar-refractivity contribution is -0.142. The third-order valence-corrected chi connectivity index (χ3v) is 4.69. The van der Waals surface area contributed by atoms with Crippen LogP contribution in [0.1, 0.15) is 40.5 Å². The van der Waals surface area contributed by atoms with Crippen LogP contribution in [0.4, 0.5) is 14.5 Å². The van der Waals surface area contributed by atoms with Gasteiger partial charge in [0.1, 0.15) is 0 Å². The number of hydrogen-bond acceptors (Lipinski definition) is 3. The zero-order chi connectivity index (χ0) is 20.3.